The van der Waals surface area contributed by atoms with Gasteiger partial charge in [-0.2, -0.15) is 0 Å². The van der Waals surface area contributed by atoms with E-state index in [0.29, 0.717) is 23.9 Å². The highest BCUT2D eigenvalue weighted by Gasteiger charge is 2.31. The summed E-state index contributed by atoms with van der Waals surface area (Å²) in [7, 11) is 0. The molecule has 0 aromatic heterocycles. The molecule has 1 amide bonds. The number of aliphatic hydroxyl groups is 1. The zero-order valence-electron chi connectivity index (χ0n) is 10.9. The smallest absolute Gasteiger partial charge is 0.260 e. The molecule has 1 N–H and O–H groups in total. The molecule has 0 aliphatic heterocycles. The number of likely N-dealkylation sites (N-methyl/N-ethyl adjacent to an activating group) is 1. The van der Waals surface area contributed by atoms with Crippen molar-refractivity contribution in [2.24, 2.45) is 0 Å². The summed E-state index contributed by atoms with van der Waals surface area (Å²) in [6.07, 6.45) is 2.11. The summed E-state index contributed by atoms with van der Waals surface area (Å²) < 4.78 is 18.4. The fraction of sp³-hybridized carbons (Fsp3) is 0.500. The Morgan fingerprint density at radius 2 is 2.26 bits per heavy atom. The molecule has 0 radical (unpaired) electrons. The van der Waals surface area contributed by atoms with Crippen LogP contribution in [0.2, 0.25) is 0 Å². The molecule has 1 aliphatic rings. The number of nitrogens with zero attached hydrogens (tertiary/aromatic N) is 1. The third-order valence-electron chi connectivity index (χ3n) is 3.19. The SMILES string of the molecule is CCN(C(=O)COc1ccc(F)cc1CO)C1CC1. The molecule has 4 nitrogen and oxygen atoms in total. The Morgan fingerprint density at radius 3 is 2.84 bits per heavy atom. The maximum atomic E-state index is 13.0. The Bertz CT molecular complexity index is 460. The third-order valence-corrected chi connectivity index (χ3v) is 3.19. The number of benzene rings is 1. The van der Waals surface area contributed by atoms with Gasteiger partial charge in [0.05, 0.1) is 6.61 Å². The largest absolute Gasteiger partial charge is 0.483 e. The minimum Gasteiger partial charge on any atom is -0.483 e. The van der Waals surface area contributed by atoms with Crippen LogP contribution in [-0.2, 0) is 11.4 Å². The molecule has 0 spiro atoms. The predicted molar refractivity (Wildman–Crippen MR) is 68.2 cm³/mol. The molecule has 0 atom stereocenters. The quantitative estimate of drug-likeness (QED) is 0.853. The van der Waals surface area contributed by atoms with Crippen LogP contribution in [0.4, 0.5) is 4.39 Å². The highest BCUT2D eigenvalue weighted by Crippen LogP contribution is 2.27. The second-order valence-electron chi connectivity index (χ2n) is 4.61. The molecule has 0 heterocycles. The van der Waals surface area contributed by atoms with E-state index in [2.05, 4.69) is 0 Å². The first-order valence-electron chi connectivity index (χ1n) is 6.47. The number of aliphatic hydroxyl groups excluding tert-OH is 1. The number of rotatable bonds is 6. The molecule has 0 saturated heterocycles. The minimum absolute atomic E-state index is 0.0711. The normalized spacial score (nSPS) is 14.3. The van der Waals surface area contributed by atoms with Crippen molar-refractivity contribution in [2.45, 2.75) is 32.4 Å². The maximum absolute atomic E-state index is 13.0. The average Bonchev–Trinajstić information content (AvgIpc) is 3.22. The highest BCUT2D eigenvalue weighted by atomic mass is 19.1. The lowest BCUT2D eigenvalue weighted by Gasteiger charge is -2.20. The van der Waals surface area contributed by atoms with Crippen molar-refractivity contribution in [1.82, 2.24) is 4.90 Å². The van der Waals surface area contributed by atoms with Crippen molar-refractivity contribution in [3.8, 4) is 5.75 Å². The van der Waals surface area contributed by atoms with E-state index >= 15 is 0 Å². The van der Waals surface area contributed by atoms with E-state index in [1.165, 1.54) is 18.2 Å². The van der Waals surface area contributed by atoms with Crippen LogP contribution in [0, 0.1) is 5.82 Å². The second-order valence-corrected chi connectivity index (χ2v) is 4.61. The van der Waals surface area contributed by atoms with E-state index < -0.39 is 5.82 Å². The summed E-state index contributed by atoms with van der Waals surface area (Å²) in [5.74, 6) is -0.154. The van der Waals surface area contributed by atoms with Crippen LogP contribution in [0.3, 0.4) is 0 Å². The van der Waals surface area contributed by atoms with Gasteiger partial charge in [0.2, 0.25) is 0 Å². The lowest BCUT2D eigenvalue weighted by molar-refractivity contribution is -0.133. The van der Waals surface area contributed by atoms with Gasteiger partial charge in [-0.15, -0.1) is 0 Å². The van der Waals surface area contributed by atoms with Gasteiger partial charge in [0.15, 0.2) is 6.61 Å². The van der Waals surface area contributed by atoms with Crippen molar-refractivity contribution in [2.75, 3.05) is 13.2 Å². The van der Waals surface area contributed by atoms with E-state index in [9.17, 15) is 9.18 Å². The molecule has 104 valence electrons. The van der Waals surface area contributed by atoms with Gasteiger partial charge in [0.1, 0.15) is 11.6 Å². The molecule has 1 aromatic rings. The van der Waals surface area contributed by atoms with Crippen LogP contribution >= 0.6 is 0 Å². The lowest BCUT2D eigenvalue weighted by Crippen LogP contribution is -2.36. The predicted octanol–water partition coefficient (Wildman–Crippen LogP) is 1.71. The summed E-state index contributed by atoms with van der Waals surface area (Å²) >= 11 is 0. The zero-order chi connectivity index (χ0) is 13.8. The Labute approximate surface area is 111 Å². The Balaban J connectivity index is 1.96. The van der Waals surface area contributed by atoms with Crippen LogP contribution in [0.5, 0.6) is 5.75 Å². The zero-order valence-corrected chi connectivity index (χ0v) is 10.9. The topological polar surface area (TPSA) is 49.8 Å². The van der Waals surface area contributed by atoms with Gasteiger partial charge < -0.3 is 14.7 Å². The van der Waals surface area contributed by atoms with Gasteiger partial charge in [0.25, 0.3) is 5.91 Å². The molecule has 1 aromatic carbocycles. The first kappa shape index (κ1) is 13.8. The van der Waals surface area contributed by atoms with Gasteiger partial charge >= 0.3 is 0 Å². The van der Waals surface area contributed by atoms with Crippen LogP contribution in [0.25, 0.3) is 0 Å². The maximum Gasteiger partial charge on any atom is 0.260 e. The first-order valence-corrected chi connectivity index (χ1v) is 6.47. The molecule has 1 saturated carbocycles. The third kappa shape index (κ3) is 3.44. The van der Waals surface area contributed by atoms with Gasteiger partial charge in [-0.05, 0) is 38.0 Å². The molecule has 2 rings (SSSR count). The molecule has 1 fully saturated rings. The van der Waals surface area contributed by atoms with Gasteiger partial charge in [-0.25, -0.2) is 4.39 Å². The number of halogens is 1. The molecular formula is C14H18FNO3. The summed E-state index contributed by atoms with van der Waals surface area (Å²) in [5, 5.41) is 9.12. The van der Waals surface area contributed by atoms with Crippen LogP contribution in [0.15, 0.2) is 18.2 Å². The lowest BCUT2D eigenvalue weighted by atomic mass is 10.2. The van der Waals surface area contributed by atoms with E-state index in [1.807, 2.05) is 6.92 Å². The van der Waals surface area contributed by atoms with Crippen molar-refractivity contribution >= 4 is 5.91 Å². The number of carbonyl (C=O) groups is 1. The monoisotopic (exact) mass is 267 g/mol. The van der Waals surface area contributed by atoms with Crippen molar-refractivity contribution in [3.63, 3.8) is 0 Å². The Hall–Kier alpha value is -1.62. The van der Waals surface area contributed by atoms with E-state index in [4.69, 9.17) is 9.84 Å². The van der Waals surface area contributed by atoms with E-state index in [1.54, 1.807) is 4.90 Å². The number of ether oxygens (including phenoxy) is 1. The minimum atomic E-state index is -0.434. The molecule has 5 heteroatoms. The summed E-state index contributed by atoms with van der Waals surface area (Å²) in [5.41, 5.74) is 0.349. The summed E-state index contributed by atoms with van der Waals surface area (Å²) in [4.78, 5) is 13.8. The van der Waals surface area contributed by atoms with Crippen molar-refractivity contribution < 1.29 is 19.0 Å². The second kappa shape index (κ2) is 6.02. The van der Waals surface area contributed by atoms with Crippen LogP contribution in [0.1, 0.15) is 25.3 Å². The molecule has 19 heavy (non-hydrogen) atoms. The summed E-state index contributed by atoms with van der Waals surface area (Å²) in [6.45, 7) is 2.21. The Kier molecular flexibility index (Phi) is 4.37. The van der Waals surface area contributed by atoms with Crippen LogP contribution < -0.4 is 4.74 Å². The van der Waals surface area contributed by atoms with Crippen molar-refractivity contribution in [1.29, 1.82) is 0 Å². The standard InChI is InChI=1S/C14H18FNO3/c1-2-16(12-4-5-12)14(18)9-19-13-6-3-11(15)7-10(13)8-17/h3,6-7,12,17H,2,4-5,8-9H2,1H3. The fourth-order valence-electron chi connectivity index (χ4n) is 2.06. The van der Waals surface area contributed by atoms with Gasteiger partial charge in [0, 0.05) is 18.2 Å². The average molecular weight is 267 g/mol. The summed E-state index contributed by atoms with van der Waals surface area (Å²) in [6, 6.07) is 4.24. The first-order chi connectivity index (χ1) is 9.15. The fourth-order valence-corrected chi connectivity index (χ4v) is 2.06. The molecular weight excluding hydrogens is 249 g/mol. The molecule has 0 bridgehead atoms. The van der Waals surface area contributed by atoms with E-state index in [-0.39, 0.29) is 19.1 Å². The molecule has 1 aliphatic carbocycles. The van der Waals surface area contributed by atoms with Gasteiger partial charge in [-0.3, -0.25) is 4.79 Å². The number of hydrogen-bond acceptors (Lipinski definition) is 3. The number of carbonyl (C=O) groups excluding carboxylic acids is 1. The number of hydrogen-bond donors (Lipinski definition) is 1. The highest BCUT2D eigenvalue weighted by molar-refractivity contribution is 5.78. The van der Waals surface area contributed by atoms with Crippen LogP contribution in [-0.4, -0.2) is 35.1 Å². The van der Waals surface area contributed by atoms with Gasteiger partial charge in [-0.1, -0.05) is 0 Å². The molecule has 0 unspecified atom stereocenters. The van der Waals surface area contributed by atoms with Crippen molar-refractivity contribution in [3.05, 3.63) is 29.6 Å². The van der Waals surface area contributed by atoms with E-state index in [0.717, 1.165) is 12.8 Å². The number of amides is 1. The Morgan fingerprint density at radius 1 is 1.53 bits per heavy atom.